The highest BCUT2D eigenvalue weighted by Gasteiger charge is 2.07. The Morgan fingerprint density at radius 3 is 2.55 bits per heavy atom. The molecule has 0 aliphatic carbocycles. The van der Waals surface area contributed by atoms with E-state index in [0.29, 0.717) is 5.75 Å². The Labute approximate surface area is 81.4 Å². The molecule has 0 unspecified atom stereocenters. The number of thioether (sulfide) groups is 2. The van der Waals surface area contributed by atoms with Gasteiger partial charge in [-0.05, 0) is 6.26 Å². The van der Waals surface area contributed by atoms with Crippen LogP contribution >= 0.6 is 35.9 Å². The summed E-state index contributed by atoms with van der Waals surface area (Å²) in [5, 5.41) is 0.959. The van der Waals surface area contributed by atoms with Crippen molar-refractivity contribution in [2.45, 2.75) is 6.04 Å². The number of rotatable bonds is 5. The topological polar surface area (TPSA) is 69.1 Å². The van der Waals surface area contributed by atoms with Gasteiger partial charge in [0.2, 0.25) is 5.91 Å². The summed E-state index contributed by atoms with van der Waals surface area (Å²) in [6.45, 7) is 0. The monoisotopic (exact) mass is 216 g/mol. The molecular formula is C5H13ClN2OS2. The highest BCUT2D eigenvalue weighted by molar-refractivity contribution is 8.15. The predicted molar refractivity (Wildman–Crippen MR) is 55.3 cm³/mol. The van der Waals surface area contributed by atoms with E-state index in [1.54, 1.807) is 23.5 Å². The number of nitrogens with two attached hydrogens (primary N) is 2. The molecule has 0 spiro atoms. The SMILES string of the molecule is CSCSC[C@H](N)C(N)=O.Cl. The van der Waals surface area contributed by atoms with Crippen LogP contribution in [0.25, 0.3) is 0 Å². The summed E-state index contributed by atoms with van der Waals surface area (Å²) < 4.78 is 0. The van der Waals surface area contributed by atoms with E-state index >= 15 is 0 Å². The molecule has 0 radical (unpaired) electrons. The lowest BCUT2D eigenvalue weighted by Gasteiger charge is -2.04. The van der Waals surface area contributed by atoms with Crippen LogP contribution in [0.15, 0.2) is 0 Å². The van der Waals surface area contributed by atoms with E-state index in [-0.39, 0.29) is 12.4 Å². The Bertz CT molecular complexity index is 115. The average Bonchev–Trinajstić information content (AvgIpc) is 1.88. The van der Waals surface area contributed by atoms with Gasteiger partial charge in [-0.1, -0.05) is 0 Å². The van der Waals surface area contributed by atoms with E-state index in [4.69, 9.17) is 11.5 Å². The first kappa shape index (κ1) is 14.0. The average molecular weight is 217 g/mol. The van der Waals surface area contributed by atoms with Crippen LogP contribution < -0.4 is 11.5 Å². The molecule has 0 bridgehead atoms. The smallest absolute Gasteiger partial charge is 0.235 e. The molecule has 0 saturated carbocycles. The molecule has 0 rings (SSSR count). The van der Waals surface area contributed by atoms with Crippen molar-refractivity contribution in [1.82, 2.24) is 0 Å². The molecule has 0 fully saturated rings. The third-order valence-electron chi connectivity index (χ3n) is 0.864. The molecule has 4 N–H and O–H groups in total. The van der Waals surface area contributed by atoms with Crippen LogP contribution in [0, 0.1) is 0 Å². The molecule has 3 nitrogen and oxygen atoms in total. The van der Waals surface area contributed by atoms with Crippen LogP contribution in [0.4, 0.5) is 0 Å². The van der Waals surface area contributed by atoms with Gasteiger partial charge in [-0.15, -0.1) is 24.2 Å². The molecule has 0 aliphatic rings. The van der Waals surface area contributed by atoms with Crippen molar-refractivity contribution in [3.8, 4) is 0 Å². The van der Waals surface area contributed by atoms with Gasteiger partial charge in [-0.25, -0.2) is 0 Å². The van der Waals surface area contributed by atoms with Gasteiger partial charge in [0, 0.05) is 10.8 Å². The van der Waals surface area contributed by atoms with Crippen LogP contribution in [-0.2, 0) is 4.79 Å². The van der Waals surface area contributed by atoms with E-state index in [1.165, 1.54) is 0 Å². The fourth-order valence-corrected chi connectivity index (χ4v) is 1.81. The summed E-state index contributed by atoms with van der Waals surface area (Å²) in [5.41, 5.74) is 10.3. The zero-order chi connectivity index (χ0) is 7.98. The molecular weight excluding hydrogens is 204 g/mol. The van der Waals surface area contributed by atoms with E-state index in [9.17, 15) is 4.79 Å². The minimum Gasteiger partial charge on any atom is -0.368 e. The Kier molecular flexibility index (Phi) is 10.8. The Morgan fingerprint density at radius 2 is 2.18 bits per heavy atom. The van der Waals surface area contributed by atoms with Crippen molar-refractivity contribution >= 4 is 41.8 Å². The van der Waals surface area contributed by atoms with Crippen LogP contribution in [0.5, 0.6) is 0 Å². The molecule has 0 aromatic rings. The number of hydrogen-bond donors (Lipinski definition) is 2. The maximum atomic E-state index is 10.4. The van der Waals surface area contributed by atoms with E-state index in [2.05, 4.69) is 0 Å². The van der Waals surface area contributed by atoms with Gasteiger partial charge < -0.3 is 11.5 Å². The molecule has 11 heavy (non-hydrogen) atoms. The second kappa shape index (κ2) is 8.52. The third-order valence-corrected chi connectivity index (χ3v) is 3.07. The van der Waals surface area contributed by atoms with Crippen LogP contribution in [0.3, 0.4) is 0 Å². The molecule has 0 heterocycles. The first-order valence-corrected chi connectivity index (χ1v) is 5.35. The molecule has 1 atom stereocenters. The molecule has 0 aromatic heterocycles. The minimum atomic E-state index is -0.489. The molecule has 0 aromatic carbocycles. The first-order chi connectivity index (χ1) is 4.68. The summed E-state index contributed by atoms with van der Waals surface area (Å²) in [4.78, 5) is 10.4. The summed E-state index contributed by atoms with van der Waals surface area (Å²) >= 11 is 3.34. The normalized spacial score (nSPS) is 11.8. The molecule has 0 aliphatic heterocycles. The predicted octanol–water partition coefficient (Wildman–Crippen LogP) is 0.275. The highest BCUT2D eigenvalue weighted by atomic mass is 35.5. The minimum absolute atomic E-state index is 0. The maximum absolute atomic E-state index is 10.4. The second-order valence-electron chi connectivity index (χ2n) is 1.79. The standard InChI is InChI=1S/C5H12N2OS2.ClH/c1-9-3-10-2-4(6)5(7)8;/h4H,2-3,6H2,1H3,(H2,7,8);1H/t4-;/m0./s1. The number of halogens is 1. The van der Waals surface area contributed by atoms with Gasteiger partial charge in [0.15, 0.2) is 0 Å². The molecule has 68 valence electrons. The second-order valence-corrected chi connectivity index (χ2v) is 4.05. The van der Waals surface area contributed by atoms with E-state index in [1.807, 2.05) is 6.26 Å². The van der Waals surface area contributed by atoms with Crippen molar-refractivity contribution in [2.24, 2.45) is 11.5 Å². The molecule has 0 saturated heterocycles. The molecule has 6 heteroatoms. The summed E-state index contributed by atoms with van der Waals surface area (Å²) in [6, 6.07) is -0.489. The van der Waals surface area contributed by atoms with Crippen LogP contribution in [0.2, 0.25) is 0 Å². The largest absolute Gasteiger partial charge is 0.368 e. The summed E-state index contributed by atoms with van der Waals surface area (Å²) in [7, 11) is 0. The van der Waals surface area contributed by atoms with Crippen molar-refractivity contribution in [2.75, 3.05) is 17.1 Å². The van der Waals surface area contributed by atoms with Crippen LogP contribution in [-0.4, -0.2) is 29.0 Å². The summed E-state index contributed by atoms with van der Waals surface area (Å²) in [6.07, 6.45) is 2.00. The van der Waals surface area contributed by atoms with Gasteiger partial charge in [-0.2, -0.15) is 11.8 Å². The number of carbonyl (C=O) groups excluding carboxylic acids is 1. The van der Waals surface area contributed by atoms with Gasteiger partial charge in [-0.3, -0.25) is 4.79 Å². The Balaban J connectivity index is 0. The highest BCUT2D eigenvalue weighted by Crippen LogP contribution is 2.08. The zero-order valence-electron chi connectivity index (χ0n) is 6.28. The number of amides is 1. The van der Waals surface area contributed by atoms with Crippen molar-refractivity contribution in [3.05, 3.63) is 0 Å². The van der Waals surface area contributed by atoms with Gasteiger partial charge in [0.25, 0.3) is 0 Å². The van der Waals surface area contributed by atoms with Gasteiger partial charge in [0.05, 0.1) is 6.04 Å². The van der Waals surface area contributed by atoms with Gasteiger partial charge in [0.1, 0.15) is 0 Å². The first-order valence-electron chi connectivity index (χ1n) is 2.80. The Hall–Kier alpha value is 0.420. The van der Waals surface area contributed by atoms with E-state index in [0.717, 1.165) is 5.08 Å². The van der Waals surface area contributed by atoms with Crippen molar-refractivity contribution in [3.63, 3.8) is 0 Å². The Morgan fingerprint density at radius 1 is 1.64 bits per heavy atom. The zero-order valence-corrected chi connectivity index (χ0v) is 8.73. The number of primary amides is 1. The lowest BCUT2D eigenvalue weighted by Crippen LogP contribution is -2.38. The quantitative estimate of drug-likeness (QED) is 0.512. The maximum Gasteiger partial charge on any atom is 0.235 e. The number of carbonyl (C=O) groups is 1. The fourth-order valence-electron chi connectivity index (χ4n) is 0.341. The lowest BCUT2D eigenvalue weighted by atomic mass is 10.3. The fraction of sp³-hybridized carbons (Fsp3) is 0.800. The molecule has 1 amide bonds. The lowest BCUT2D eigenvalue weighted by molar-refractivity contribution is -0.118. The van der Waals surface area contributed by atoms with Crippen LogP contribution in [0.1, 0.15) is 0 Å². The third kappa shape index (κ3) is 8.33. The summed E-state index contributed by atoms with van der Waals surface area (Å²) in [5.74, 6) is 0.199. The van der Waals surface area contributed by atoms with Gasteiger partial charge >= 0.3 is 0 Å². The van der Waals surface area contributed by atoms with Crippen molar-refractivity contribution in [1.29, 1.82) is 0 Å². The van der Waals surface area contributed by atoms with Crippen molar-refractivity contribution < 1.29 is 4.79 Å². The van der Waals surface area contributed by atoms with E-state index < -0.39 is 11.9 Å². The number of hydrogen-bond acceptors (Lipinski definition) is 4.